The number of aliphatic hydroxyl groups excluding tert-OH is 1. The maximum atomic E-state index is 11.8. The van der Waals surface area contributed by atoms with Gasteiger partial charge in [0.15, 0.2) is 0 Å². The van der Waals surface area contributed by atoms with E-state index >= 15 is 0 Å². The number of phosphoric acid groups is 1. The molecule has 0 aliphatic carbocycles. The summed E-state index contributed by atoms with van der Waals surface area (Å²) in [5.74, 6) is 1.52. The zero-order valence-electron chi connectivity index (χ0n) is 22.8. The van der Waals surface area contributed by atoms with Crippen molar-refractivity contribution in [2.45, 2.75) is 116 Å². The van der Waals surface area contributed by atoms with Crippen molar-refractivity contribution in [1.82, 2.24) is 0 Å². The van der Waals surface area contributed by atoms with E-state index in [1.165, 1.54) is 96.3 Å². The molecule has 0 amide bonds. The van der Waals surface area contributed by atoms with Crippen molar-refractivity contribution in [2.24, 2.45) is 0 Å². The quantitative estimate of drug-likeness (QED) is 0.0706. The lowest BCUT2D eigenvalue weighted by molar-refractivity contribution is -0.870. The van der Waals surface area contributed by atoms with E-state index in [0.717, 1.165) is 12.2 Å². The van der Waals surface area contributed by atoms with Crippen molar-refractivity contribution in [2.75, 3.05) is 52.4 Å². The van der Waals surface area contributed by atoms with Gasteiger partial charge in [-0.2, -0.15) is 11.8 Å². The Bertz CT molecular complexity index is 490. The van der Waals surface area contributed by atoms with Crippen molar-refractivity contribution in [3.05, 3.63) is 0 Å². The highest BCUT2D eigenvalue weighted by Gasteiger charge is 2.23. The first-order chi connectivity index (χ1) is 16.2. The van der Waals surface area contributed by atoms with Crippen molar-refractivity contribution >= 4 is 19.6 Å². The molecule has 0 saturated carbocycles. The molecule has 0 aliphatic rings. The second kappa shape index (κ2) is 22.6. The van der Waals surface area contributed by atoms with Gasteiger partial charge in [-0.1, -0.05) is 103 Å². The lowest BCUT2D eigenvalue weighted by atomic mass is 10.0. The summed E-state index contributed by atoms with van der Waals surface area (Å²) in [6.45, 7) is 2.84. The van der Waals surface area contributed by atoms with Gasteiger partial charge >= 0.3 is 7.82 Å². The lowest BCUT2D eigenvalue weighted by Gasteiger charge is -2.24. The van der Waals surface area contributed by atoms with Gasteiger partial charge in [-0.25, -0.2) is 4.57 Å². The normalized spacial score (nSPS) is 14.9. The van der Waals surface area contributed by atoms with Crippen LogP contribution in [-0.4, -0.2) is 73.0 Å². The van der Waals surface area contributed by atoms with Crippen LogP contribution in [0.1, 0.15) is 110 Å². The number of hydrogen-bond acceptors (Lipinski definition) is 5. The summed E-state index contributed by atoms with van der Waals surface area (Å²) in [5, 5.41) is 9.97. The molecule has 2 atom stereocenters. The average molecular weight is 527 g/mol. The molecule has 0 rings (SSSR count). The van der Waals surface area contributed by atoms with E-state index in [1.807, 2.05) is 21.1 Å². The first-order valence-electron chi connectivity index (χ1n) is 13.8. The lowest BCUT2D eigenvalue weighted by Crippen LogP contribution is -2.37. The second-order valence-electron chi connectivity index (χ2n) is 10.6. The second-order valence-corrected chi connectivity index (χ2v) is 13.2. The first kappa shape index (κ1) is 34.4. The number of thioether (sulfide) groups is 1. The van der Waals surface area contributed by atoms with Gasteiger partial charge < -0.3 is 14.5 Å². The van der Waals surface area contributed by atoms with E-state index in [4.69, 9.17) is 9.05 Å². The number of aliphatic hydroxyl groups is 1. The molecular formula is C26H57NO5PS+. The molecule has 6 nitrogen and oxygen atoms in total. The molecular weight excluding hydrogens is 469 g/mol. The third-order valence-corrected chi connectivity index (χ3v) is 8.08. The minimum Gasteiger partial charge on any atom is -0.390 e. The molecule has 0 fully saturated rings. The summed E-state index contributed by atoms with van der Waals surface area (Å²) < 4.78 is 22.3. The van der Waals surface area contributed by atoms with Crippen LogP contribution >= 0.6 is 19.6 Å². The molecule has 0 aliphatic heterocycles. The van der Waals surface area contributed by atoms with Crippen LogP contribution in [0.25, 0.3) is 0 Å². The molecule has 0 bridgehead atoms. The number of phosphoric ester groups is 1. The van der Waals surface area contributed by atoms with E-state index in [1.54, 1.807) is 11.8 Å². The van der Waals surface area contributed by atoms with Crippen LogP contribution in [0.15, 0.2) is 0 Å². The van der Waals surface area contributed by atoms with Crippen LogP contribution in [-0.2, 0) is 13.6 Å². The Morgan fingerprint density at radius 1 is 0.765 bits per heavy atom. The Kier molecular flexibility index (Phi) is 22.8. The van der Waals surface area contributed by atoms with Gasteiger partial charge in [0.05, 0.1) is 33.9 Å². The fourth-order valence-corrected chi connectivity index (χ4v) is 5.36. The topological polar surface area (TPSA) is 76.0 Å². The van der Waals surface area contributed by atoms with Gasteiger partial charge in [0.1, 0.15) is 13.2 Å². The fourth-order valence-electron chi connectivity index (χ4n) is 3.67. The van der Waals surface area contributed by atoms with Crippen molar-refractivity contribution < 1.29 is 28.1 Å². The average Bonchev–Trinajstić information content (AvgIpc) is 2.76. The summed E-state index contributed by atoms with van der Waals surface area (Å²) in [7, 11) is 1.85. The van der Waals surface area contributed by atoms with Gasteiger partial charge in [-0.05, 0) is 12.2 Å². The molecule has 0 heterocycles. The zero-order chi connectivity index (χ0) is 25.5. The van der Waals surface area contributed by atoms with Gasteiger partial charge in [-0.15, -0.1) is 0 Å². The largest absolute Gasteiger partial charge is 0.472 e. The van der Waals surface area contributed by atoms with Gasteiger partial charge in [0, 0.05) is 5.75 Å². The molecule has 8 heteroatoms. The predicted molar refractivity (Wildman–Crippen MR) is 148 cm³/mol. The number of rotatable bonds is 26. The zero-order valence-corrected chi connectivity index (χ0v) is 24.6. The number of unbranched alkanes of at least 4 members (excludes halogenated alkanes) is 15. The molecule has 2 N–H and O–H groups in total. The van der Waals surface area contributed by atoms with Crippen LogP contribution in [0.3, 0.4) is 0 Å². The smallest absolute Gasteiger partial charge is 0.390 e. The van der Waals surface area contributed by atoms with Gasteiger partial charge in [-0.3, -0.25) is 9.05 Å². The first-order valence-corrected chi connectivity index (χ1v) is 16.5. The van der Waals surface area contributed by atoms with E-state index < -0.39 is 13.9 Å². The number of nitrogens with zero attached hydrogens (tertiary/aromatic N) is 1. The van der Waals surface area contributed by atoms with E-state index in [-0.39, 0.29) is 13.2 Å². The number of hydrogen-bond donors (Lipinski definition) is 2. The Labute approximate surface area is 215 Å². The number of quaternary nitrogens is 1. The molecule has 0 aromatic rings. The van der Waals surface area contributed by atoms with Crippen molar-refractivity contribution in [1.29, 1.82) is 0 Å². The van der Waals surface area contributed by atoms with E-state index in [9.17, 15) is 14.6 Å². The highest BCUT2D eigenvalue weighted by molar-refractivity contribution is 7.99. The van der Waals surface area contributed by atoms with Gasteiger partial charge in [0.25, 0.3) is 0 Å². The Balaban J connectivity index is 3.37. The van der Waals surface area contributed by atoms with Crippen LogP contribution < -0.4 is 0 Å². The standard InChI is InChI=1S/C26H56NO5PS/c1-5-6-7-8-9-10-11-12-13-14-15-16-17-18-19-20-23-34-25-26(28)24-32-33(29,30)31-22-21-27(2,3)4/h26,28H,5-25H2,1-4H3/p+1. The SMILES string of the molecule is CCCCCCCCCCCCCCCCCCSCC(O)COP(=O)(O)OCC[N+](C)(C)C. The van der Waals surface area contributed by atoms with E-state index in [2.05, 4.69) is 6.92 Å². The highest BCUT2D eigenvalue weighted by Crippen LogP contribution is 2.43. The summed E-state index contributed by atoms with van der Waals surface area (Å²) in [5.41, 5.74) is 0. The minimum absolute atomic E-state index is 0.140. The highest BCUT2D eigenvalue weighted by atomic mass is 32.2. The summed E-state index contributed by atoms with van der Waals surface area (Å²) in [6, 6.07) is 0. The van der Waals surface area contributed by atoms with Crippen LogP contribution in [0.4, 0.5) is 0 Å². The monoisotopic (exact) mass is 526 g/mol. The third-order valence-electron chi connectivity index (χ3n) is 5.90. The summed E-state index contributed by atoms with van der Waals surface area (Å²) in [6.07, 6.45) is 21.1. The van der Waals surface area contributed by atoms with Crippen LogP contribution in [0.2, 0.25) is 0 Å². The maximum absolute atomic E-state index is 11.8. The molecule has 2 unspecified atom stereocenters. The molecule has 0 spiro atoms. The third kappa shape index (κ3) is 27.0. The van der Waals surface area contributed by atoms with Crippen LogP contribution in [0.5, 0.6) is 0 Å². The summed E-state index contributed by atoms with van der Waals surface area (Å²) >= 11 is 1.68. The molecule has 0 aromatic carbocycles. The van der Waals surface area contributed by atoms with Gasteiger partial charge in [0.2, 0.25) is 0 Å². The van der Waals surface area contributed by atoms with Crippen molar-refractivity contribution in [3.8, 4) is 0 Å². The van der Waals surface area contributed by atoms with E-state index in [0.29, 0.717) is 16.8 Å². The molecule has 0 radical (unpaired) electrons. The predicted octanol–water partition coefficient (Wildman–Crippen LogP) is 7.18. The molecule has 0 saturated heterocycles. The fraction of sp³-hybridized carbons (Fsp3) is 1.00. The van der Waals surface area contributed by atoms with Crippen LogP contribution in [0, 0.1) is 0 Å². The summed E-state index contributed by atoms with van der Waals surface area (Å²) in [4.78, 5) is 9.67. The Morgan fingerprint density at radius 2 is 1.21 bits per heavy atom. The van der Waals surface area contributed by atoms with Crippen molar-refractivity contribution in [3.63, 3.8) is 0 Å². The Morgan fingerprint density at radius 3 is 1.65 bits per heavy atom. The minimum atomic E-state index is -4.09. The Hall–Kier alpha value is 0.380. The molecule has 206 valence electrons. The molecule has 0 aromatic heterocycles. The molecule has 34 heavy (non-hydrogen) atoms. The number of likely N-dealkylation sites (N-methyl/N-ethyl adjacent to an activating group) is 1. The maximum Gasteiger partial charge on any atom is 0.472 e.